The Hall–Kier alpha value is -3.53. The van der Waals surface area contributed by atoms with Gasteiger partial charge in [-0.3, -0.25) is 9.59 Å². The Balaban J connectivity index is 0.000000424. The van der Waals surface area contributed by atoms with E-state index in [0.29, 0.717) is 33.7 Å². The molecule has 0 N–H and O–H groups in total. The maximum atomic E-state index is 11.7. The fraction of sp³-hybridized carbons (Fsp3) is 0.571. The molecule has 3 fully saturated rings. The molecule has 282 valence electrons. The molecule has 0 aromatic carbocycles. The van der Waals surface area contributed by atoms with Crippen LogP contribution in [0.2, 0.25) is 10.3 Å². The first-order chi connectivity index (χ1) is 23.7. The zero-order chi connectivity index (χ0) is 38.4. The smallest absolute Gasteiger partial charge is 0.430 e. The van der Waals surface area contributed by atoms with Crippen LogP contribution in [0.1, 0.15) is 26.5 Å². The summed E-state index contributed by atoms with van der Waals surface area (Å²) in [5.74, 6) is -4.12. The molecule has 3 saturated heterocycles. The van der Waals surface area contributed by atoms with E-state index in [1.165, 1.54) is 11.8 Å². The van der Waals surface area contributed by atoms with Crippen LogP contribution in [0.3, 0.4) is 0 Å². The van der Waals surface area contributed by atoms with Crippen molar-refractivity contribution >= 4 is 71.1 Å². The van der Waals surface area contributed by atoms with Crippen molar-refractivity contribution in [3.05, 3.63) is 27.3 Å². The van der Waals surface area contributed by atoms with E-state index < -0.39 is 24.3 Å². The molecular formula is C28H32Cl2F6N8O6S. The number of anilines is 2. The Morgan fingerprint density at radius 3 is 1.33 bits per heavy atom. The Kier molecular flexibility index (Phi) is 13.9. The molecule has 0 saturated carbocycles. The zero-order valence-electron chi connectivity index (χ0n) is 27.1. The number of aryl methyl sites for hydroxylation is 1. The van der Waals surface area contributed by atoms with Gasteiger partial charge in [0.05, 0.1) is 63.5 Å². The molecule has 3 aliphatic heterocycles. The third kappa shape index (κ3) is 10.7. The van der Waals surface area contributed by atoms with E-state index in [1.54, 1.807) is 6.92 Å². The van der Waals surface area contributed by atoms with Gasteiger partial charge in [-0.25, -0.2) is 19.9 Å². The Morgan fingerprint density at radius 2 is 1.02 bits per heavy atom. The lowest BCUT2D eigenvalue weighted by Gasteiger charge is -2.54. The van der Waals surface area contributed by atoms with Gasteiger partial charge in [0.25, 0.3) is 0 Å². The van der Waals surface area contributed by atoms with Crippen molar-refractivity contribution in [1.82, 2.24) is 19.9 Å². The maximum absolute atomic E-state index is 11.7. The molecule has 3 aliphatic rings. The van der Waals surface area contributed by atoms with Gasteiger partial charge in [0.1, 0.15) is 65.9 Å². The van der Waals surface area contributed by atoms with Gasteiger partial charge < -0.3 is 38.6 Å². The highest BCUT2D eigenvalue weighted by atomic mass is 35.5. The van der Waals surface area contributed by atoms with E-state index in [4.69, 9.17) is 43.0 Å². The largest absolute Gasteiger partial charge is 0.542 e. The monoisotopic (exact) mass is 792 g/mol. The second-order valence-corrected chi connectivity index (χ2v) is 13.3. The number of aromatic nitrogens is 4. The first-order valence-electron chi connectivity index (χ1n) is 15.0. The van der Waals surface area contributed by atoms with Crippen molar-refractivity contribution in [3.8, 4) is 0 Å². The molecule has 2 aromatic heterocycles. The molecule has 5 rings (SSSR count). The lowest BCUT2D eigenvalue weighted by atomic mass is 10.1. The maximum Gasteiger partial charge on any atom is 0.430 e. The summed E-state index contributed by atoms with van der Waals surface area (Å²) in [6.07, 6.45) is -6.95. The second-order valence-electron chi connectivity index (χ2n) is 11.8. The van der Waals surface area contributed by atoms with Crippen LogP contribution >= 0.6 is 35.0 Å². The standard InChI is InChI=1S/C24H32Cl2N8O2S.2C2HF3O2/c1-17-27-20(25)18(15-35)22(28-17)31-3-7-33(8-4-31)11-13-34(14-12-33)9-5-32(6-10-34)23-19(16-36)21(26)29-24(30-23)37-2;2*3-2(4,5)1(6)7/h15-16H,3-14H2,1-2H3;2*(H,6,7)/q+2;;/p-2. The summed E-state index contributed by atoms with van der Waals surface area (Å²) >= 11 is 13.9. The van der Waals surface area contributed by atoms with Crippen molar-refractivity contribution in [2.45, 2.75) is 24.4 Å². The van der Waals surface area contributed by atoms with E-state index in [9.17, 15) is 35.9 Å². The third-order valence-corrected chi connectivity index (χ3v) is 9.93. The van der Waals surface area contributed by atoms with Crippen molar-refractivity contribution in [1.29, 1.82) is 0 Å². The average Bonchev–Trinajstić information content (AvgIpc) is 3.06. The predicted molar refractivity (Wildman–Crippen MR) is 167 cm³/mol. The second kappa shape index (κ2) is 16.9. The number of quaternary nitrogens is 2. The van der Waals surface area contributed by atoms with Gasteiger partial charge >= 0.3 is 12.4 Å². The van der Waals surface area contributed by atoms with E-state index in [1.807, 2.05) is 6.26 Å². The third-order valence-electron chi connectivity index (χ3n) is 8.80. The van der Waals surface area contributed by atoms with Gasteiger partial charge in [-0.05, 0) is 13.2 Å². The number of nitrogens with zero attached hydrogens (tertiary/aromatic N) is 8. The number of alkyl halides is 6. The first-order valence-corrected chi connectivity index (χ1v) is 17.0. The number of hydrogen-bond donors (Lipinski definition) is 0. The lowest BCUT2D eigenvalue weighted by Crippen LogP contribution is -2.73. The molecule has 0 radical (unpaired) electrons. The molecule has 0 amide bonds. The highest BCUT2D eigenvalue weighted by molar-refractivity contribution is 7.98. The minimum atomic E-state index is -5.19. The summed E-state index contributed by atoms with van der Waals surface area (Å²) in [4.78, 5) is 62.8. The normalized spacial score (nSPS) is 18.2. The molecule has 23 heteroatoms. The molecule has 51 heavy (non-hydrogen) atoms. The number of carboxylic acid groups (broad SMARTS) is 2. The number of thioether (sulfide) groups is 1. The van der Waals surface area contributed by atoms with Crippen molar-refractivity contribution in [2.24, 2.45) is 0 Å². The summed E-state index contributed by atoms with van der Waals surface area (Å²) in [6.45, 7) is 13.9. The van der Waals surface area contributed by atoms with Crippen LogP contribution in [-0.4, -0.2) is 151 Å². The molecule has 0 bridgehead atoms. The molecule has 5 heterocycles. The SMILES string of the molecule is CSc1nc(Cl)c(C=O)c(N2CC[N+]3(CC2)CC[N+]2(CCN(c4nc(C)nc(Cl)c4C=O)CC2)CC3)n1.O=C([O-])C(F)(F)F.O=C([O-])C(F)(F)F. The number of aliphatic carboxylic acids is 2. The topological polar surface area (TPSA) is 172 Å². The minimum absolute atomic E-state index is 0.224. The Morgan fingerprint density at radius 1 is 0.686 bits per heavy atom. The number of rotatable bonds is 5. The van der Waals surface area contributed by atoms with Crippen LogP contribution in [0.4, 0.5) is 38.0 Å². The molecule has 2 spiro atoms. The number of carbonyl (C=O) groups is 4. The van der Waals surface area contributed by atoms with E-state index in [-0.39, 0.29) is 10.3 Å². The number of carboxylic acids is 2. The predicted octanol–water partition coefficient (Wildman–Crippen LogP) is 0.813. The molecule has 0 unspecified atom stereocenters. The highest BCUT2D eigenvalue weighted by Crippen LogP contribution is 2.31. The lowest BCUT2D eigenvalue weighted by molar-refractivity contribution is -1.03. The van der Waals surface area contributed by atoms with Gasteiger partial charge in [0.2, 0.25) is 0 Å². The van der Waals surface area contributed by atoms with Crippen molar-refractivity contribution in [3.63, 3.8) is 0 Å². The Bertz CT molecular complexity index is 1570. The summed E-state index contributed by atoms with van der Waals surface area (Å²) in [6, 6.07) is 0. The van der Waals surface area contributed by atoms with Gasteiger partial charge in [-0.1, -0.05) is 35.0 Å². The van der Waals surface area contributed by atoms with Crippen LogP contribution in [0.5, 0.6) is 0 Å². The summed E-state index contributed by atoms with van der Waals surface area (Å²) < 4.78 is 65.3. The van der Waals surface area contributed by atoms with Crippen LogP contribution in [0, 0.1) is 6.92 Å². The van der Waals surface area contributed by atoms with Crippen LogP contribution in [0.15, 0.2) is 5.16 Å². The summed E-state index contributed by atoms with van der Waals surface area (Å²) in [5, 5.41) is 18.6. The quantitative estimate of drug-likeness (QED) is 0.104. The average molecular weight is 794 g/mol. The van der Waals surface area contributed by atoms with Gasteiger partial charge in [-0.15, -0.1) is 0 Å². The molecule has 0 aliphatic carbocycles. The van der Waals surface area contributed by atoms with Gasteiger partial charge in [-0.2, -0.15) is 26.3 Å². The molecule has 2 aromatic rings. The fourth-order valence-corrected chi connectivity index (χ4v) is 6.76. The first kappa shape index (κ1) is 41.9. The molecule has 14 nitrogen and oxygen atoms in total. The number of halogens is 8. The van der Waals surface area contributed by atoms with E-state index >= 15 is 0 Å². The minimum Gasteiger partial charge on any atom is -0.542 e. The van der Waals surface area contributed by atoms with Crippen molar-refractivity contribution < 1.29 is 64.7 Å². The van der Waals surface area contributed by atoms with Crippen LogP contribution in [0.25, 0.3) is 0 Å². The number of piperazine rings is 3. The van der Waals surface area contributed by atoms with Gasteiger partial charge in [0.15, 0.2) is 17.7 Å². The van der Waals surface area contributed by atoms with Crippen LogP contribution in [-0.2, 0) is 9.59 Å². The van der Waals surface area contributed by atoms with Crippen LogP contribution < -0.4 is 20.0 Å². The molecule has 0 atom stereocenters. The highest BCUT2D eigenvalue weighted by Gasteiger charge is 2.46. The molecular weight excluding hydrogens is 761 g/mol. The fourth-order valence-electron chi connectivity index (χ4n) is 5.89. The number of carbonyl (C=O) groups excluding carboxylic acids is 4. The number of aldehydes is 2. The summed E-state index contributed by atoms with van der Waals surface area (Å²) in [7, 11) is 0. The zero-order valence-corrected chi connectivity index (χ0v) is 29.4. The summed E-state index contributed by atoms with van der Waals surface area (Å²) in [5.41, 5.74) is 0.765. The number of hydrogen-bond acceptors (Lipinski definition) is 13. The van der Waals surface area contributed by atoms with Gasteiger partial charge in [0, 0.05) is 0 Å². The van der Waals surface area contributed by atoms with E-state index in [0.717, 1.165) is 100 Å². The van der Waals surface area contributed by atoms with Crippen molar-refractivity contribution in [2.75, 3.05) is 94.6 Å². The van der Waals surface area contributed by atoms with E-state index in [2.05, 4.69) is 29.7 Å². The Labute approximate surface area is 301 Å².